The first kappa shape index (κ1) is 13.6. The number of nitrogens with zero attached hydrogens (tertiary/aromatic N) is 1. The summed E-state index contributed by atoms with van der Waals surface area (Å²) in [7, 11) is 0. The lowest BCUT2D eigenvalue weighted by atomic mass is 10.1. The molecule has 1 N–H and O–H groups in total. The molecule has 19 heavy (non-hydrogen) atoms. The molecule has 0 fully saturated rings. The summed E-state index contributed by atoms with van der Waals surface area (Å²) in [6.07, 6.45) is 1.52. The number of benzene rings is 1. The van der Waals surface area contributed by atoms with Crippen molar-refractivity contribution in [2.45, 2.75) is 20.8 Å². The molecule has 98 valence electrons. The second-order valence-electron chi connectivity index (χ2n) is 4.57. The molecule has 0 aliphatic heterocycles. The number of halogens is 1. The molecule has 1 aromatic heterocycles. The van der Waals surface area contributed by atoms with Gasteiger partial charge in [-0.2, -0.15) is 0 Å². The highest BCUT2D eigenvalue weighted by atomic mass is 35.5. The predicted molar refractivity (Wildman–Crippen MR) is 77.9 cm³/mol. The molecule has 0 saturated carbocycles. The molecule has 0 radical (unpaired) electrons. The third-order valence-corrected chi connectivity index (χ3v) is 3.25. The van der Waals surface area contributed by atoms with Gasteiger partial charge in [0.1, 0.15) is 5.82 Å². The van der Waals surface area contributed by atoms with Crippen LogP contribution in [-0.2, 0) is 0 Å². The van der Waals surface area contributed by atoms with Crippen molar-refractivity contribution in [1.29, 1.82) is 0 Å². The van der Waals surface area contributed by atoms with E-state index in [4.69, 9.17) is 11.6 Å². The number of carbonyl (C=O) groups excluding carboxylic acids is 1. The smallest absolute Gasteiger partial charge is 0.256 e. The SMILES string of the molecule is Cc1ccc(C(=O)Nc2ncc(Cl)cc2C)cc1C. The summed E-state index contributed by atoms with van der Waals surface area (Å²) >= 11 is 5.83. The van der Waals surface area contributed by atoms with E-state index in [1.54, 1.807) is 6.07 Å². The number of hydrogen-bond acceptors (Lipinski definition) is 2. The molecule has 2 aromatic rings. The number of aryl methyl sites for hydroxylation is 3. The van der Waals surface area contributed by atoms with Gasteiger partial charge in [-0.25, -0.2) is 4.98 Å². The normalized spacial score (nSPS) is 10.3. The van der Waals surface area contributed by atoms with Gasteiger partial charge in [0.2, 0.25) is 0 Å². The molecule has 4 heteroatoms. The summed E-state index contributed by atoms with van der Waals surface area (Å²) in [5, 5.41) is 3.35. The highest BCUT2D eigenvalue weighted by Gasteiger charge is 2.09. The van der Waals surface area contributed by atoms with E-state index in [0.717, 1.165) is 16.7 Å². The molecule has 0 spiro atoms. The van der Waals surface area contributed by atoms with Crippen LogP contribution in [0.1, 0.15) is 27.0 Å². The van der Waals surface area contributed by atoms with Crippen LogP contribution in [-0.4, -0.2) is 10.9 Å². The van der Waals surface area contributed by atoms with Gasteiger partial charge in [-0.15, -0.1) is 0 Å². The molecule has 0 aliphatic rings. The van der Waals surface area contributed by atoms with Gasteiger partial charge in [0.15, 0.2) is 0 Å². The summed E-state index contributed by atoms with van der Waals surface area (Å²) in [5.41, 5.74) is 3.72. The number of anilines is 1. The van der Waals surface area contributed by atoms with Crippen LogP contribution in [0.4, 0.5) is 5.82 Å². The van der Waals surface area contributed by atoms with Crippen LogP contribution < -0.4 is 5.32 Å². The van der Waals surface area contributed by atoms with E-state index < -0.39 is 0 Å². The van der Waals surface area contributed by atoms with Gasteiger partial charge in [-0.05, 0) is 55.7 Å². The first-order valence-corrected chi connectivity index (χ1v) is 6.36. The maximum atomic E-state index is 12.1. The quantitative estimate of drug-likeness (QED) is 0.902. The number of nitrogens with one attached hydrogen (secondary N) is 1. The number of aromatic nitrogens is 1. The van der Waals surface area contributed by atoms with E-state index in [9.17, 15) is 4.79 Å². The largest absolute Gasteiger partial charge is 0.306 e. The van der Waals surface area contributed by atoms with Gasteiger partial charge < -0.3 is 5.32 Å². The van der Waals surface area contributed by atoms with E-state index in [1.807, 2.05) is 39.0 Å². The standard InChI is InChI=1S/C15H15ClN2O/c1-9-4-5-12(6-10(9)2)15(19)18-14-11(3)7-13(16)8-17-14/h4-8H,1-3H3,(H,17,18,19). The van der Waals surface area contributed by atoms with Gasteiger partial charge in [0.25, 0.3) is 5.91 Å². The Morgan fingerprint density at radius 3 is 2.47 bits per heavy atom. The van der Waals surface area contributed by atoms with E-state index >= 15 is 0 Å². The Labute approximate surface area is 117 Å². The highest BCUT2D eigenvalue weighted by Crippen LogP contribution is 2.17. The van der Waals surface area contributed by atoms with E-state index in [1.165, 1.54) is 6.20 Å². The number of carbonyl (C=O) groups is 1. The minimum Gasteiger partial charge on any atom is -0.306 e. The average Bonchev–Trinajstić information content (AvgIpc) is 2.36. The monoisotopic (exact) mass is 274 g/mol. The first-order valence-electron chi connectivity index (χ1n) is 5.98. The summed E-state index contributed by atoms with van der Waals surface area (Å²) < 4.78 is 0. The zero-order valence-electron chi connectivity index (χ0n) is 11.1. The second-order valence-corrected chi connectivity index (χ2v) is 5.01. The molecule has 3 nitrogen and oxygen atoms in total. The second kappa shape index (κ2) is 5.41. The Bertz CT molecular complexity index is 638. The minimum absolute atomic E-state index is 0.166. The average molecular weight is 275 g/mol. The van der Waals surface area contributed by atoms with Crippen molar-refractivity contribution in [1.82, 2.24) is 4.98 Å². The molecule has 0 atom stereocenters. The Balaban J connectivity index is 2.23. The van der Waals surface area contributed by atoms with Crippen molar-refractivity contribution < 1.29 is 4.79 Å². The summed E-state index contributed by atoms with van der Waals surface area (Å²) in [6.45, 7) is 5.86. The van der Waals surface area contributed by atoms with Gasteiger partial charge in [0.05, 0.1) is 5.02 Å². The van der Waals surface area contributed by atoms with Crippen molar-refractivity contribution in [2.24, 2.45) is 0 Å². The lowest BCUT2D eigenvalue weighted by molar-refractivity contribution is 0.102. The molecule has 0 saturated heterocycles. The van der Waals surface area contributed by atoms with Gasteiger partial charge in [-0.3, -0.25) is 4.79 Å². The van der Waals surface area contributed by atoms with Crippen molar-refractivity contribution in [2.75, 3.05) is 5.32 Å². The molecule has 1 aromatic carbocycles. The molecule has 1 amide bonds. The minimum atomic E-state index is -0.166. The molecule has 0 unspecified atom stereocenters. The number of pyridine rings is 1. The Kier molecular flexibility index (Phi) is 3.86. The fraction of sp³-hybridized carbons (Fsp3) is 0.200. The maximum absolute atomic E-state index is 12.1. The lowest BCUT2D eigenvalue weighted by Gasteiger charge is -2.08. The molecule has 2 rings (SSSR count). The summed E-state index contributed by atoms with van der Waals surface area (Å²) in [5.74, 6) is 0.369. The van der Waals surface area contributed by atoms with Crippen molar-refractivity contribution in [3.63, 3.8) is 0 Å². The van der Waals surface area contributed by atoms with E-state index in [2.05, 4.69) is 10.3 Å². The molecular formula is C15H15ClN2O. The number of rotatable bonds is 2. The van der Waals surface area contributed by atoms with Crippen LogP contribution in [0, 0.1) is 20.8 Å². The molecule has 0 aliphatic carbocycles. The third kappa shape index (κ3) is 3.12. The van der Waals surface area contributed by atoms with E-state index in [0.29, 0.717) is 16.4 Å². The van der Waals surface area contributed by atoms with Gasteiger partial charge in [0, 0.05) is 11.8 Å². The van der Waals surface area contributed by atoms with Crippen LogP contribution in [0.3, 0.4) is 0 Å². The van der Waals surface area contributed by atoms with Crippen LogP contribution in [0.15, 0.2) is 30.5 Å². The van der Waals surface area contributed by atoms with Crippen LogP contribution in [0.2, 0.25) is 5.02 Å². The first-order chi connectivity index (χ1) is 8.97. The van der Waals surface area contributed by atoms with Crippen molar-refractivity contribution in [3.05, 3.63) is 57.7 Å². The maximum Gasteiger partial charge on any atom is 0.256 e. The summed E-state index contributed by atoms with van der Waals surface area (Å²) in [4.78, 5) is 16.3. The topological polar surface area (TPSA) is 42.0 Å². The Morgan fingerprint density at radius 1 is 1.11 bits per heavy atom. The van der Waals surface area contributed by atoms with Crippen LogP contribution in [0.5, 0.6) is 0 Å². The molecular weight excluding hydrogens is 260 g/mol. The zero-order valence-corrected chi connectivity index (χ0v) is 11.9. The summed E-state index contributed by atoms with van der Waals surface area (Å²) in [6, 6.07) is 7.38. The highest BCUT2D eigenvalue weighted by molar-refractivity contribution is 6.30. The van der Waals surface area contributed by atoms with E-state index in [-0.39, 0.29) is 5.91 Å². The third-order valence-electron chi connectivity index (χ3n) is 3.05. The molecule has 0 bridgehead atoms. The lowest BCUT2D eigenvalue weighted by Crippen LogP contribution is -2.14. The van der Waals surface area contributed by atoms with Crippen LogP contribution in [0.25, 0.3) is 0 Å². The van der Waals surface area contributed by atoms with Crippen LogP contribution >= 0.6 is 11.6 Å². The number of hydrogen-bond donors (Lipinski definition) is 1. The Morgan fingerprint density at radius 2 is 1.84 bits per heavy atom. The fourth-order valence-electron chi connectivity index (χ4n) is 1.73. The predicted octanol–water partition coefficient (Wildman–Crippen LogP) is 3.91. The van der Waals surface area contributed by atoms with Gasteiger partial charge >= 0.3 is 0 Å². The van der Waals surface area contributed by atoms with Gasteiger partial charge in [-0.1, -0.05) is 17.7 Å². The Hall–Kier alpha value is -1.87. The fourth-order valence-corrected chi connectivity index (χ4v) is 1.95. The number of amides is 1. The van der Waals surface area contributed by atoms with Crippen molar-refractivity contribution >= 4 is 23.3 Å². The zero-order chi connectivity index (χ0) is 14.0. The van der Waals surface area contributed by atoms with Crippen molar-refractivity contribution in [3.8, 4) is 0 Å². The molecule has 1 heterocycles.